The molecule has 0 fully saturated rings. The van der Waals surface area contributed by atoms with E-state index in [9.17, 15) is 9.59 Å². The second-order valence-electron chi connectivity index (χ2n) is 4.57. The van der Waals surface area contributed by atoms with Crippen LogP contribution in [0.5, 0.6) is 5.75 Å². The fourth-order valence-corrected chi connectivity index (χ4v) is 2.17. The third kappa shape index (κ3) is 2.52. The Kier molecular flexibility index (Phi) is 3.53. The minimum Gasteiger partial charge on any atom is -0.478 e. The molecule has 0 aliphatic heterocycles. The first-order valence-corrected chi connectivity index (χ1v) is 6.55. The highest BCUT2D eigenvalue weighted by Gasteiger charge is 2.20. The van der Waals surface area contributed by atoms with Crippen LogP contribution in [0, 0.1) is 0 Å². The van der Waals surface area contributed by atoms with E-state index in [2.05, 4.69) is 4.98 Å². The molecule has 0 radical (unpaired) electrons. The van der Waals surface area contributed by atoms with Crippen LogP contribution in [0.25, 0.3) is 10.8 Å². The molecule has 0 unspecified atom stereocenters. The Morgan fingerprint density at radius 1 is 0.955 bits per heavy atom. The molecule has 108 valence electrons. The average molecular weight is 293 g/mol. The van der Waals surface area contributed by atoms with Gasteiger partial charge in [0.05, 0.1) is 5.56 Å². The van der Waals surface area contributed by atoms with Gasteiger partial charge in [0.2, 0.25) is 0 Å². The Labute approximate surface area is 125 Å². The van der Waals surface area contributed by atoms with Gasteiger partial charge in [-0.25, -0.2) is 14.6 Å². The molecule has 3 rings (SSSR count). The summed E-state index contributed by atoms with van der Waals surface area (Å²) in [7, 11) is 0. The number of fused-ring (bicyclic) bond motifs is 1. The van der Waals surface area contributed by atoms with Gasteiger partial charge in [-0.3, -0.25) is 0 Å². The van der Waals surface area contributed by atoms with Crippen LogP contribution in [-0.2, 0) is 0 Å². The Bertz CT molecular complexity index is 868. The van der Waals surface area contributed by atoms with Crippen molar-refractivity contribution in [3.63, 3.8) is 0 Å². The van der Waals surface area contributed by atoms with Gasteiger partial charge < -0.3 is 9.84 Å². The number of nitrogens with zero attached hydrogens (tertiary/aromatic N) is 1. The van der Waals surface area contributed by atoms with Crippen LogP contribution in [-0.4, -0.2) is 22.0 Å². The van der Waals surface area contributed by atoms with E-state index in [1.807, 2.05) is 30.3 Å². The largest absolute Gasteiger partial charge is 0.478 e. The lowest BCUT2D eigenvalue weighted by atomic mass is 10.1. The average Bonchev–Trinajstić information content (AvgIpc) is 2.55. The van der Waals surface area contributed by atoms with Crippen molar-refractivity contribution in [2.75, 3.05) is 0 Å². The molecule has 0 aliphatic carbocycles. The maximum Gasteiger partial charge on any atom is 0.363 e. The van der Waals surface area contributed by atoms with Crippen molar-refractivity contribution in [3.8, 4) is 5.75 Å². The lowest BCUT2D eigenvalue weighted by Crippen LogP contribution is -2.16. The molecule has 1 aromatic heterocycles. The van der Waals surface area contributed by atoms with Crippen molar-refractivity contribution < 1.29 is 19.4 Å². The summed E-state index contributed by atoms with van der Waals surface area (Å²) in [5.74, 6) is -1.66. The highest BCUT2D eigenvalue weighted by Crippen LogP contribution is 2.26. The van der Waals surface area contributed by atoms with E-state index in [0.717, 1.165) is 10.8 Å². The zero-order chi connectivity index (χ0) is 15.5. The molecule has 0 saturated carbocycles. The standard InChI is InChI=1S/C17H11NO4/c19-16(20)13-8-4-10-18-15(13)17(21)22-14-9-3-6-11-5-1-2-7-12(11)14/h1-10H,(H,19,20). The minimum atomic E-state index is -1.22. The van der Waals surface area contributed by atoms with Crippen LogP contribution in [0.4, 0.5) is 0 Å². The Morgan fingerprint density at radius 2 is 1.73 bits per heavy atom. The predicted molar refractivity (Wildman–Crippen MR) is 80.1 cm³/mol. The Balaban J connectivity index is 1.99. The smallest absolute Gasteiger partial charge is 0.363 e. The quantitative estimate of drug-likeness (QED) is 0.593. The molecule has 1 N–H and O–H groups in total. The minimum absolute atomic E-state index is 0.187. The molecule has 5 heteroatoms. The number of ether oxygens (including phenoxy) is 1. The Hall–Kier alpha value is -3.21. The highest BCUT2D eigenvalue weighted by molar-refractivity contribution is 6.02. The third-order valence-electron chi connectivity index (χ3n) is 3.18. The summed E-state index contributed by atoms with van der Waals surface area (Å²) in [6, 6.07) is 15.5. The number of aromatic carboxylic acids is 1. The SMILES string of the molecule is O=C(O)c1cccnc1C(=O)Oc1cccc2ccccc12. The monoisotopic (exact) mass is 293 g/mol. The first kappa shape index (κ1) is 13.8. The molecular weight excluding hydrogens is 282 g/mol. The second-order valence-corrected chi connectivity index (χ2v) is 4.57. The van der Waals surface area contributed by atoms with Gasteiger partial charge >= 0.3 is 11.9 Å². The van der Waals surface area contributed by atoms with E-state index in [0.29, 0.717) is 5.75 Å². The van der Waals surface area contributed by atoms with Crippen LogP contribution in [0.1, 0.15) is 20.8 Å². The summed E-state index contributed by atoms with van der Waals surface area (Å²) in [6.45, 7) is 0. The number of carbonyl (C=O) groups is 2. The van der Waals surface area contributed by atoms with Gasteiger partial charge in [0, 0.05) is 11.6 Å². The number of hydrogen-bond donors (Lipinski definition) is 1. The molecule has 22 heavy (non-hydrogen) atoms. The summed E-state index contributed by atoms with van der Waals surface area (Å²) >= 11 is 0. The van der Waals surface area contributed by atoms with Crippen LogP contribution < -0.4 is 4.74 Å². The molecule has 0 bridgehead atoms. The van der Waals surface area contributed by atoms with Gasteiger partial charge in [0.15, 0.2) is 5.69 Å². The van der Waals surface area contributed by atoms with E-state index >= 15 is 0 Å². The molecule has 0 atom stereocenters. The van der Waals surface area contributed by atoms with Crippen LogP contribution >= 0.6 is 0 Å². The van der Waals surface area contributed by atoms with Gasteiger partial charge in [-0.1, -0.05) is 36.4 Å². The molecule has 0 saturated heterocycles. The zero-order valence-corrected chi connectivity index (χ0v) is 11.4. The molecule has 0 spiro atoms. The van der Waals surface area contributed by atoms with Crippen LogP contribution in [0.3, 0.4) is 0 Å². The maximum absolute atomic E-state index is 12.2. The number of carboxylic acid groups (broad SMARTS) is 1. The van der Waals surface area contributed by atoms with E-state index in [1.165, 1.54) is 18.3 Å². The first-order chi connectivity index (χ1) is 10.7. The number of carbonyl (C=O) groups excluding carboxylic acids is 1. The normalized spacial score (nSPS) is 10.4. The fourth-order valence-electron chi connectivity index (χ4n) is 2.17. The maximum atomic E-state index is 12.2. The van der Waals surface area contributed by atoms with Gasteiger partial charge in [0.25, 0.3) is 0 Å². The van der Waals surface area contributed by atoms with Gasteiger partial charge in [-0.2, -0.15) is 0 Å². The summed E-state index contributed by atoms with van der Waals surface area (Å²) in [6.07, 6.45) is 1.35. The van der Waals surface area contributed by atoms with Crippen LogP contribution in [0.15, 0.2) is 60.8 Å². The van der Waals surface area contributed by atoms with E-state index in [4.69, 9.17) is 9.84 Å². The first-order valence-electron chi connectivity index (χ1n) is 6.55. The molecule has 3 aromatic rings. The highest BCUT2D eigenvalue weighted by atomic mass is 16.5. The molecule has 5 nitrogen and oxygen atoms in total. The van der Waals surface area contributed by atoms with E-state index in [-0.39, 0.29) is 11.3 Å². The summed E-state index contributed by atoms with van der Waals surface area (Å²) in [4.78, 5) is 27.2. The van der Waals surface area contributed by atoms with Crippen molar-refractivity contribution >= 4 is 22.7 Å². The number of aromatic nitrogens is 1. The molecule has 0 amide bonds. The summed E-state index contributed by atoms with van der Waals surface area (Å²) in [5.41, 5.74) is -0.407. The van der Waals surface area contributed by atoms with Gasteiger partial charge in [-0.15, -0.1) is 0 Å². The number of pyridine rings is 1. The third-order valence-corrected chi connectivity index (χ3v) is 3.18. The van der Waals surface area contributed by atoms with Crippen LogP contribution in [0.2, 0.25) is 0 Å². The molecule has 0 aliphatic rings. The lowest BCUT2D eigenvalue weighted by molar-refractivity contribution is 0.0665. The van der Waals surface area contributed by atoms with Crippen molar-refractivity contribution in [2.24, 2.45) is 0 Å². The van der Waals surface area contributed by atoms with E-state index < -0.39 is 11.9 Å². The molecular formula is C17H11NO4. The number of rotatable bonds is 3. The van der Waals surface area contributed by atoms with Crippen molar-refractivity contribution in [3.05, 3.63) is 72.1 Å². The predicted octanol–water partition coefficient (Wildman–Crippen LogP) is 3.15. The lowest BCUT2D eigenvalue weighted by Gasteiger charge is -2.08. The topological polar surface area (TPSA) is 76.5 Å². The summed E-state index contributed by atoms with van der Waals surface area (Å²) in [5, 5.41) is 10.8. The number of esters is 1. The zero-order valence-electron chi connectivity index (χ0n) is 11.4. The fraction of sp³-hybridized carbons (Fsp3) is 0. The molecule has 1 heterocycles. The van der Waals surface area contributed by atoms with Crippen molar-refractivity contribution in [2.45, 2.75) is 0 Å². The number of benzene rings is 2. The van der Waals surface area contributed by atoms with Crippen molar-refractivity contribution in [1.29, 1.82) is 0 Å². The number of carboxylic acids is 1. The van der Waals surface area contributed by atoms with Gasteiger partial charge in [-0.05, 0) is 23.6 Å². The van der Waals surface area contributed by atoms with Gasteiger partial charge in [0.1, 0.15) is 5.75 Å². The number of hydrogen-bond acceptors (Lipinski definition) is 4. The van der Waals surface area contributed by atoms with Crippen molar-refractivity contribution in [1.82, 2.24) is 4.98 Å². The van der Waals surface area contributed by atoms with E-state index in [1.54, 1.807) is 12.1 Å². The summed E-state index contributed by atoms with van der Waals surface area (Å²) < 4.78 is 5.34. The Morgan fingerprint density at radius 3 is 2.55 bits per heavy atom. The molecule has 2 aromatic carbocycles. The second kappa shape index (κ2) is 5.65.